The Morgan fingerprint density at radius 2 is 1.58 bits per heavy atom. The lowest BCUT2D eigenvalue weighted by atomic mass is 10.2. The van der Waals surface area contributed by atoms with Crippen LogP contribution in [0.2, 0.25) is 10.0 Å². The summed E-state index contributed by atoms with van der Waals surface area (Å²) in [6, 6.07) is 19.7. The molecular weight excluding hydrogens is 483 g/mol. The largest absolute Gasteiger partial charge is 0.378 e. The molecular formula is C23H22Cl2N4O3S. The van der Waals surface area contributed by atoms with Gasteiger partial charge >= 0.3 is 0 Å². The summed E-state index contributed by atoms with van der Waals surface area (Å²) in [7, 11) is -0.181. The van der Waals surface area contributed by atoms with Gasteiger partial charge in [-0.2, -0.15) is 5.10 Å². The maximum absolute atomic E-state index is 13.3. The number of nitrogens with zero attached hydrogens (tertiary/aromatic N) is 3. The van der Waals surface area contributed by atoms with Crippen molar-refractivity contribution in [2.24, 2.45) is 5.10 Å². The molecule has 10 heteroatoms. The van der Waals surface area contributed by atoms with Crippen molar-refractivity contribution < 1.29 is 13.2 Å². The molecule has 0 unspecified atom stereocenters. The average molecular weight is 505 g/mol. The highest BCUT2D eigenvalue weighted by molar-refractivity contribution is 7.92. The number of rotatable bonds is 8. The van der Waals surface area contributed by atoms with Crippen LogP contribution in [0.15, 0.2) is 82.8 Å². The second-order valence-electron chi connectivity index (χ2n) is 7.20. The van der Waals surface area contributed by atoms with Crippen molar-refractivity contribution in [3.63, 3.8) is 0 Å². The number of carbonyl (C=O) groups is 1. The van der Waals surface area contributed by atoms with Gasteiger partial charge in [0.2, 0.25) is 0 Å². The van der Waals surface area contributed by atoms with E-state index in [0.29, 0.717) is 0 Å². The van der Waals surface area contributed by atoms with Crippen LogP contribution >= 0.6 is 23.2 Å². The van der Waals surface area contributed by atoms with E-state index in [1.165, 1.54) is 36.5 Å². The second-order valence-corrected chi connectivity index (χ2v) is 9.88. The van der Waals surface area contributed by atoms with Crippen LogP contribution in [0, 0.1) is 0 Å². The molecule has 0 saturated heterocycles. The van der Waals surface area contributed by atoms with Gasteiger partial charge in [-0.05, 0) is 48.0 Å². The maximum Gasteiger partial charge on any atom is 0.264 e. The normalized spacial score (nSPS) is 11.4. The summed E-state index contributed by atoms with van der Waals surface area (Å²) in [5, 5.41) is 4.38. The topological polar surface area (TPSA) is 82.1 Å². The Morgan fingerprint density at radius 1 is 0.939 bits per heavy atom. The predicted octanol–water partition coefficient (Wildman–Crippen LogP) is 4.41. The lowest BCUT2D eigenvalue weighted by Gasteiger charge is -2.24. The fourth-order valence-corrected chi connectivity index (χ4v) is 4.60. The molecule has 3 aromatic carbocycles. The van der Waals surface area contributed by atoms with E-state index < -0.39 is 22.5 Å². The van der Waals surface area contributed by atoms with Crippen molar-refractivity contribution in [1.29, 1.82) is 0 Å². The Kier molecular flexibility index (Phi) is 7.97. The molecule has 7 nitrogen and oxygen atoms in total. The molecule has 0 atom stereocenters. The Hall–Kier alpha value is -3.07. The van der Waals surface area contributed by atoms with Crippen LogP contribution in [0.1, 0.15) is 5.56 Å². The van der Waals surface area contributed by atoms with Crippen LogP contribution in [0.3, 0.4) is 0 Å². The van der Waals surface area contributed by atoms with Gasteiger partial charge in [-0.15, -0.1) is 0 Å². The van der Waals surface area contributed by atoms with Crippen molar-refractivity contribution in [1.82, 2.24) is 5.43 Å². The van der Waals surface area contributed by atoms with E-state index in [2.05, 4.69) is 10.5 Å². The molecule has 0 aliphatic carbocycles. The molecule has 172 valence electrons. The van der Waals surface area contributed by atoms with Gasteiger partial charge in [0.05, 0.1) is 26.8 Å². The van der Waals surface area contributed by atoms with Crippen LogP contribution in [0.5, 0.6) is 0 Å². The van der Waals surface area contributed by atoms with Crippen LogP contribution in [0.25, 0.3) is 0 Å². The van der Waals surface area contributed by atoms with Gasteiger partial charge in [0.15, 0.2) is 0 Å². The minimum Gasteiger partial charge on any atom is -0.378 e. The predicted molar refractivity (Wildman–Crippen MR) is 134 cm³/mol. The zero-order valence-corrected chi connectivity index (χ0v) is 20.3. The molecule has 0 aliphatic rings. The molecule has 0 saturated carbocycles. The van der Waals surface area contributed by atoms with Gasteiger partial charge in [0.25, 0.3) is 15.9 Å². The summed E-state index contributed by atoms with van der Waals surface area (Å²) in [4.78, 5) is 14.6. The summed E-state index contributed by atoms with van der Waals surface area (Å²) in [6.07, 6.45) is 1.48. The van der Waals surface area contributed by atoms with Gasteiger partial charge < -0.3 is 4.90 Å². The third kappa shape index (κ3) is 6.25. The van der Waals surface area contributed by atoms with Crippen LogP contribution < -0.4 is 14.6 Å². The number of benzene rings is 3. The van der Waals surface area contributed by atoms with Crippen LogP contribution in [-0.2, 0) is 14.8 Å². The molecule has 0 fully saturated rings. The van der Waals surface area contributed by atoms with E-state index in [9.17, 15) is 13.2 Å². The van der Waals surface area contributed by atoms with E-state index in [0.717, 1.165) is 15.6 Å². The molecule has 33 heavy (non-hydrogen) atoms. The molecule has 0 radical (unpaired) electrons. The average Bonchev–Trinajstić information content (AvgIpc) is 2.80. The highest BCUT2D eigenvalue weighted by Crippen LogP contribution is 2.30. The monoisotopic (exact) mass is 504 g/mol. The Balaban J connectivity index is 1.81. The highest BCUT2D eigenvalue weighted by Gasteiger charge is 2.27. The molecule has 1 N–H and O–H groups in total. The van der Waals surface area contributed by atoms with Gasteiger partial charge in [0.1, 0.15) is 6.54 Å². The first-order chi connectivity index (χ1) is 15.7. The molecule has 0 spiro atoms. The van der Waals surface area contributed by atoms with Crippen LogP contribution in [-0.4, -0.2) is 41.2 Å². The summed E-state index contributed by atoms with van der Waals surface area (Å²) in [5.41, 5.74) is 4.38. The highest BCUT2D eigenvalue weighted by atomic mass is 35.5. The number of hydrogen-bond donors (Lipinski definition) is 1. The van der Waals surface area contributed by atoms with Crippen molar-refractivity contribution in [3.05, 3.63) is 88.4 Å². The van der Waals surface area contributed by atoms with Gasteiger partial charge in [-0.25, -0.2) is 13.8 Å². The van der Waals surface area contributed by atoms with Gasteiger partial charge in [-0.3, -0.25) is 9.10 Å². The Labute approximate surface area is 203 Å². The molecule has 0 bridgehead atoms. The molecule has 0 heterocycles. The molecule has 3 rings (SSSR count). The smallest absolute Gasteiger partial charge is 0.264 e. The third-order valence-electron chi connectivity index (χ3n) is 4.62. The SMILES string of the molecule is CN(C)c1ccc(/C=N\NC(=O)CN(c2ccc(Cl)c(Cl)c2)S(=O)(=O)c2ccccc2)cc1. The number of nitrogens with one attached hydrogen (secondary N) is 1. The van der Waals surface area contributed by atoms with Crippen LogP contribution in [0.4, 0.5) is 11.4 Å². The van der Waals surface area contributed by atoms with Crippen molar-refractivity contribution >= 4 is 56.7 Å². The quantitative estimate of drug-likeness (QED) is 0.364. The van der Waals surface area contributed by atoms with Crippen molar-refractivity contribution in [2.75, 3.05) is 29.8 Å². The number of anilines is 2. The molecule has 1 amide bonds. The number of hydrogen-bond acceptors (Lipinski definition) is 5. The fraction of sp³-hybridized carbons (Fsp3) is 0.130. The Bertz CT molecular complexity index is 1250. The van der Waals surface area contributed by atoms with Crippen molar-refractivity contribution in [2.45, 2.75) is 4.90 Å². The third-order valence-corrected chi connectivity index (χ3v) is 7.15. The number of sulfonamides is 1. The first-order valence-electron chi connectivity index (χ1n) is 9.80. The molecule has 3 aromatic rings. The second kappa shape index (κ2) is 10.7. The first-order valence-corrected chi connectivity index (χ1v) is 12.0. The number of halogens is 2. The first kappa shape index (κ1) is 24.6. The fourth-order valence-electron chi connectivity index (χ4n) is 2.88. The van der Waals surface area contributed by atoms with Gasteiger partial charge in [-0.1, -0.05) is 53.5 Å². The summed E-state index contributed by atoms with van der Waals surface area (Å²) in [5.74, 6) is -0.623. The van der Waals surface area contributed by atoms with E-state index >= 15 is 0 Å². The number of hydrazone groups is 1. The standard InChI is InChI=1S/C23H22Cl2N4O3S/c1-28(2)18-10-8-17(9-11-18)15-26-27-23(30)16-29(19-12-13-21(24)22(25)14-19)33(31,32)20-6-4-3-5-7-20/h3-15H,16H2,1-2H3,(H,27,30)/b26-15-. The summed E-state index contributed by atoms with van der Waals surface area (Å²) < 4.78 is 27.5. The van der Waals surface area contributed by atoms with E-state index in [-0.39, 0.29) is 20.6 Å². The lowest BCUT2D eigenvalue weighted by Crippen LogP contribution is -2.39. The molecule has 0 aliphatic heterocycles. The van der Waals surface area contributed by atoms with E-state index in [1.807, 2.05) is 43.3 Å². The van der Waals surface area contributed by atoms with Crippen molar-refractivity contribution in [3.8, 4) is 0 Å². The Morgan fingerprint density at radius 3 is 2.18 bits per heavy atom. The lowest BCUT2D eigenvalue weighted by molar-refractivity contribution is -0.119. The summed E-state index contributed by atoms with van der Waals surface area (Å²) in [6.45, 7) is -0.508. The minimum absolute atomic E-state index is 0.0355. The zero-order chi connectivity index (χ0) is 24.0. The van der Waals surface area contributed by atoms with E-state index in [4.69, 9.17) is 23.2 Å². The molecule has 0 aromatic heterocycles. The maximum atomic E-state index is 13.3. The number of carbonyl (C=O) groups excluding carboxylic acids is 1. The summed E-state index contributed by atoms with van der Waals surface area (Å²) >= 11 is 12.1. The van der Waals surface area contributed by atoms with Gasteiger partial charge in [0, 0.05) is 19.8 Å². The minimum atomic E-state index is -4.05. The number of amides is 1. The zero-order valence-electron chi connectivity index (χ0n) is 17.9. The van der Waals surface area contributed by atoms with E-state index in [1.54, 1.807) is 18.2 Å².